The predicted molar refractivity (Wildman–Crippen MR) is 105 cm³/mol. The predicted octanol–water partition coefficient (Wildman–Crippen LogP) is 4.02. The van der Waals surface area contributed by atoms with E-state index < -0.39 is 40.2 Å². The molecule has 150 valence electrons. The summed E-state index contributed by atoms with van der Waals surface area (Å²) in [7, 11) is 0. The lowest BCUT2D eigenvalue weighted by molar-refractivity contribution is -0.144. The zero-order chi connectivity index (χ0) is 20.9. The number of aliphatic hydroxyl groups excluding tert-OH is 1. The van der Waals surface area contributed by atoms with Gasteiger partial charge in [-0.25, -0.2) is 0 Å². The normalized spacial score (nSPS) is 22.2. The molecule has 0 unspecified atom stereocenters. The minimum absolute atomic E-state index is 0.0866. The van der Waals surface area contributed by atoms with Crippen molar-refractivity contribution in [1.82, 2.24) is 0 Å². The summed E-state index contributed by atoms with van der Waals surface area (Å²) in [5.74, 6) is -3.53. The monoisotopic (exact) mass is 376 g/mol. The fraction of sp³-hybridized carbons (Fsp3) is 0.591. The zero-order valence-electron chi connectivity index (χ0n) is 17.3. The van der Waals surface area contributed by atoms with E-state index in [-0.39, 0.29) is 25.2 Å². The van der Waals surface area contributed by atoms with Crippen molar-refractivity contribution < 1.29 is 24.6 Å². The topological polar surface area (TPSA) is 91.7 Å². The minimum Gasteiger partial charge on any atom is -0.508 e. The summed E-state index contributed by atoms with van der Waals surface area (Å²) in [6.45, 7) is 11.2. The highest BCUT2D eigenvalue weighted by molar-refractivity contribution is 6.26. The Bertz CT molecular complexity index is 700. The quantitative estimate of drug-likeness (QED) is 0.468. The number of ketones is 3. The number of aliphatic hydroxyl groups is 2. The van der Waals surface area contributed by atoms with Gasteiger partial charge in [-0.2, -0.15) is 0 Å². The van der Waals surface area contributed by atoms with Gasteiger partial charge in [-0.1, -0.05) is 37.1 Å². The van der Waals surface area contributed by atoms with Crippen LogP contribution < -0.4 is 0 Å². The molecular formula is C22H32O5. The van der Waals surface area contributed by atoms with Crippen molar-refractivity contribution in [2.45, 2.75) is 72.8 Å². The first-order valence-corrected chi connectivity index (χ1v) is 9.46. The van der Waals surface area contributed by atoms with Crippen molar-refractivity contribution in [3.05, 3.63) is 34.6 Å². The zero-order valence-corrected chi connectivity index (χ0v) is 17.3. The summed E-state index contributed by atoms with van der Waals surface area (Å²) in [5, 5.41) is 21.7. The van der Waals surface area contributed by atoms with Gasteiger partial charge in [0.25, 0.3) is 0 Å². The first-order valence-electron chi connectivity index (χ1n) is 9.46. The van der Waals surface area contributed by atoms with Gasteiger partial charge in [-0.3, -0.25) is 14.4 Å². The molecule has 0 aromatic heterocycles. The van der Waals surface area contributed by atoms with Crippen LogP contribution in [-0.2, 0) is 14.4 Å². The molecule has 0 fully saturated rings. The smallest absolute Gasteiger partial charge is 0.191 e. The molecule has 1 aliphatic rings. The van der Waals surface area contributed by atoms with Crippen molar-refractivity contribution in [2.75, 3.05) is 0 Å². The Morgan fingerprint density at radius 3 is 2.15 bits per heavy atom. The standard InChI is InChI=1S/C22H32O5/c1-13(2)7-10-16-20(25)19(17(23)11-8-14(3)4)21(26)22(16,27)18(24)12-9-15(5)6/h7,9,14,16,26-27H,8,10-12H2,1-6H3/t16-,22+/m1/s1. The lowest BCUT2D eigenvalue weighted by atomic mass is 9.81. The summed E-state index contributed by atoms with van der Waals surface area (Å²) < 4.78 is 0. The van der Waals surface area contributed by atoms with Crippen LogP contribution >= 0.6 is 0 Å². The summed E-state index contributed by atoms with van der Waals surface area (Å²) >= 11 is 0. The number of allylic oxidation sites excluding steroid dienone is 5. The van der Waals surface area contributed by atoms with Gasteiger partial charge in [-0.15, -0.1) is 0 Å². The van der Waals surface area contributed by atoms with Crippen LogP contribution in [0.1, 0.15) is 67.2 Å². The maximum absolute atomic E-state index is 12.9. The van der Waals surface area contributed by atoms with E-state index >= 15 is 0 Å². The summed E-state index contributed by atoms with van der Waals surface area (Å²) in [4.78, 5) is 38.2. The van der Waals surface area contributed by atoms with Gasteiger partial charge in [0.05, 0.1) is 5.92 Å². The van der Waals surface area contributed by atoms with Gasteiger partial charge in [0.2, 0.25) is 0 Å². The molecular weight excluding hydrogens is 344 g/mol. The van der Waals surface area contributed by atoms with Gasteiger partial charge in [0.15, 0.2) is 23.0 Å². The van der Waals surface area contributed by atoms with Gasteiger partial charge in [0.1, 0.15) is 11.3 Å². The van der Waals surface area contributed by atoms with Crippen LogP contribution in [0.15, 0.2) is 34.6 Å². The first-order chi connectivity index (χ1) is 12.4. The molecule has 5 heteroatoms. The molecule has 0 bridgehead atoms. The Labute approximate surface area is 161 Å². The Balaban J connectivity index is 3.35. The van der Waals surface area contributed by atoms with Crippen LogP contribution in [0, 0.1) is 11.8 Å². The van der Waals surface area contributed by atoms with Crippen molar-refractivity contribution >= 4 is 17.3 Å². The first kappa shape index (κ1) is 23.0. The van der Waals surface area contributed by atoms with E-state index in [9.17, 15) is 24.6 Å². The second-order valence-corrected chi connectivity index (χ2v) is 8.19. The lowest BCUT2D eigenvalue weighted by Crippen LogP contribution is -2.46. The van der Waals surface area contributed by atoms with Crippen LogP contribution in [-0.4, -0.2) is 33.2 Å². The second-order valence-electron chi connectivity index (χ2n) is 8.19. The van der Waals surface area contributed by atoms with Gasteiger partial charge in [0, 0.05) is 12.8 Å². The molecule has 0 spiro atoms. The SMILES string of the molecule is CC(C)=CCC(=O)[C@]1(O)C(O)=C(C(=O)CCC(C)C)C(=O)[C@H]1CC=C(C)C. The molecule has 1 rings (SSSR count). The van der Waals surface area contributed by atoms with Crippen molar-refractivity contribution in [3.8, 4) is 0 Å². The number of carbonyl (C=O) groups is 3. The largest absolute Gasteiger partial charge is 0.508 e. The molecule has 0 amide bonds. The molecule has 1 aliphatic carbocycles. The van der Waals surface area contributed by atoms with E-state index in [2.05, 4.69) is 0 Å². The summed E-state index contributed by atoms with van der Waals surface area (Å²) in [6.07, 6.45) is 3.99. The van der Waals surface area contributed by atoms with E-state index in [4.69, 9.17) is 0 Å². The molecule has 0 heterocycles. The molecule has 2 N–H and O–H groups in total. The molecule has 0 aromatic rings. The lowest BCUT2D eigenvalue weighted by Gasteiger charge is -2.27. The molecule has 0 saturated heterocycles. The summed E-state index contributed by atoms with van der Waals surface area (Å²) in [5.41, 5.74) is -0.955. The van der Waals surface area contributed by atoms with Gasteiger partial charge >= 0.3 is 0 Å². The van der Waals surface area contributed by atoms with Crippen LogP contribution in [0.5, 0.6) is 0 Å². The third kappa shape index (κ3) is 5.25. The average Bonchev–Trinajstić information content (AvgIpc) is 2.75. The number of hydrogen-bond donors (Lipinski definition) is 2. The molecule has 0 saturated carbocycles. The van der Waals surface area contributed by atoms with Crippen LogP contribution in [0.3, 0.4) is 0 Å². The van der Waals surface area contributed by atoms with Crippen LogP contribution in [0.2, 0.25) is 0 Å². The van der Waals surface area contributed by atoms with Crippen molar-refractivity contribution in [1.29, 1.82) is 0 Å². The average molecular weight is 376 g/mol. The Morgan fingerprint density at radius 1 is 1.11 bits per heavy atom. The van der Waals surface area contributed by atoms with Crippen LogP contribution in [0.4, 0.5) is 0 Å². The maximum atomic E-state index is 12.9. The van der Waals surface area contributed by atoms with E-state index in [1.165, 1.54) is 0 Å². The highest BCUT2D eigenvalue weighted by atomic mass is 16.3. The molecule has 0 aliphatic heterocycles. The Morgan fingerprint density at radius 2 is 1.67 bits per heavy atom. The third-order valence-corrected chi connectivity index (χ3v) is 4.78. The van der Waals surface area contributed by atoms with Crippen LogP contribution in [0.25, 0.3) is 0 Å². The second kappa shape index (κ2) is 9.27. The molecule has 0 radical (unpaired) electrons. The number of hydrogen-bond acceptors (Lipinski definition) is 5. The Kier molecular flexibility index (Phi) is 7.90. The minimum atomic E-state index is -2.35. The van der Waals surface area contributed by atoms with E-state index in [1.807, 2.05) is 41.5 Å². The van der Waals surface area contributed by atoms with Crippen molar-refractivity contribution in [3.63, 3.8) is 0 Å². The highest BCUT2D eigenvalue weighted by Crippen LogP contribution is 2.41. The fourth-order valence-electron chi connectivity index (χ4n) is 3.06. The van der Waals surface area contributed by atoms with Crippen molar-refractivity contribution in [2.24, 2.45) is 11.8 Å². The van der Waals surface area contributed by atoms with Gasteiger partial charge < -0.3 is 10.2 Å². The summed E-state index contributed by atoms with van der Waals surface area (Å²) in [6, 6.07) is 0. The molecule has 27 heavy (non-hydrogen) atoms. The molecule has 0 aromatic carbocycles. The highest BCUT2D eigenvalue weighted by Gasteiger charge is 2.58. The third-order valence-electron chi connectivity index (χ3n) is 4.78. The molecule has 5 nitrogen and oxygen atoms in total. The maximum Gasteiger partial charge on any atom is 0.191 e. The Hall–Kier alpha value is -2.01. The molecule has 2 atom stereocenters. The number of Topliss-reactive ketones (excluding diaryl/α,β-unsaturated/α-hetero) is 3. The fourth-order valence-corrected chi connectivity index (χ4v) is 3.06. The van der Waals surface area contributed by atoms with E-state index in [1.54, 1.807) is 12.2 Å². The number of carbonyl (C=O) groups excluding carboxylic acids is 3. The van der Waals surface area contributed by atoms with E-state index in [0.29, 0.717) is 6.42 Å². The van der Waals surface area contributed by atoms with Gasteiger partial charge in [-0.05, 0) is 46.5 Å². The van der Waals surface area contributed by atoms with E-state index in [0.717, 1.165) is 11.1 Å². The number of rotatable bonds is 9.